The molecule has 41 heavy (non-hydrogen) atoms. The third-order valence-corrected chi connectivity index (χ3v) is 6.14. The van der Waals surface area contributed by atoms with Gasteiger partial charge < -0.3 is 10.1 Å². The summed E-state index contributed by atoms with van der Waals surface area (Å²) < 4.78 is 7.52. The molecule has 3 heterocycles. The highest BCUT2D eigenvalue weighted by molar-refractivity contribution is 6.30. The van der Waals surface area contributed by atoms with E-state index in [1.54, 1.807) is 30.3 Å². The van der Waals surface area contributed by atoms with Crippen LogP contribution in [0.15, 0.2) is 79.3 Å². The Morgan fingerprint density at radius 2 is 1.93 bits per heavy atom. The number of hydrogen-bond acceptors (Lipinski definition) is 9. The van der Waals surface area contributed by atoms with Crippen molar-refractivity contribution in [3.63, 3.8) is 0 Å². The Bertz CT molecular complexity index is 1740. The zero-order chi connectivity index (χ0) is 28.8. The molecular formula is C27H22ClN9O4. The Hall–Kier alpha value is -5.43. The molecule has 5 aromatic rings. The fraction of sp³-hybridized carbons (Fsp3) is 0.111. The van der Waals surface area contributed by atoms with Crippen LogP contribution in [0.2, 0.25) is 5.02 Å². The van der Waals surface area contributed by atoms with Crippen LogP contribution in [-0.4, -0.2) is 65.7 Å². The van der Waals surface area contributed by atoms with Crippen LogP contribution >= 0.6 is 11.6 Å². The Morgan fingerprint density at radius 3 is 2.68 bits per heavy atom. The maximum atomic E-state index is 13.3. The smallest absolute Gasteiger partial charge is 0.339 e. The number of anilines is 1. The Morgan fingerprint density at radius 1 is 1.10 bits per heavy atom. The van der Waals surface area contributed by atoms with E-state index in [0.717, 1.165) is 5.56 Å². The highest BCUT2D eigenvalue weighted by Crippen LogP contribution is 2.20. The van der Waals surface area contributed by atoms with Gasteiger partial charge in [0.2, 0.25) is 17.8 Å². The van der Waals surface area contributed by atoms with Crippen molar-refractivity contribution in [3.8, 4) is 5.69 Å². The summed E-state index contributed by atoms with van der Waals surface area (Å²) in [6.45, 7) is 0. The number of tetrazole rings is 1. The number of carbonyl (C=O) groups is 3. The number of pyridine rings is 1. The normalized spacial score (nSPS) is 11.9. The third-order valence-electron chi connectivity index (χ3n) is 5.90. The van der Waals surface area contributed by atoms with Crippen LogP contribution in [-0.2, 0) is 20.7 Å². The molecule has 0 saturated carbocycles. The first-order valence-corrected chi connectivity index (χ1v) is 12.6. The minimum absolute atomic E-state index is 0.00452. The van der Waals surface area contributed by atoms with Crippen molar-refractivity contribution in [3.05, 3.63) is 101 Å². The summed E-state index contributed by atoms with van der Waals surface area (Å²) >= 11 is 6.16. The average Bonchev–Trinajstić information content (AvgIpc) is 3.65. The lowest BCUT2D eigenvalue weighted by Gasteiger charge is -2.17. The van der Waals surface area contributed by atoms with Crippen LogP contribution in [0.3, 0.4) is 0 Å². The molecule has 0 saturated heterocycles. The first-order valence-electron chi connectivity index (χ1n) is 12.2. The van der Waals surface area contributed by atoms with E-state index >= 15 is 0 Å². The predicted octanol–water partition coefficient (Wildman–Crippen LogP) is 2.52. The topological polar surface area (TPSA) is 158 Å². The van der Waals surface area contributed by atoms with Crippen molar-refractivity contribution in [2.45, 2.75) is 12.5 Å². The van der Waals surface area contributed by atoms with Crippen molar-refractivity contribution in [1.82, 2.24) is 40.1 Å². The minimum Gasteiger partial charge on any atom is -0.465 e. The Balaban J connectivity index is 1.35. The molecule has 0 aliphatic carbocycles. The number of halogens is 1. The van der Waals surface area contributed by atoms with Gasteiger partial charge in [0.25, 0.3) is 0 Å². The third kappa shape index (κ3) is 6.59. The number of nitrogens with one attached hydrogen (secondary N) is 2. The van der Waals surface area contributed by atoms with E-state index in [4.69, 9.17) is 16.3 Å². The van der Waals surface area contributed by atoms with E-state index < -0.39 is 23.8 Å². The number of ether oxygens (including phenoxy) is 1. The molecule has 0 aliphatic rings. The van der Waals surface area contributed by atoms with Gasteiger partial charge in [-0.25, -0.2) is 9.31 Å². The zero-order valence-electron chi connectivity index (χ0n) is 21.5. The van der Waals surface area contributed by atoms with E-state index in [2.05, 4.69) is 36.2 Å². The van der Waals surface area contributed by atoms with Gasteiger partial charge in [-0.15, -0.1) is 10.2 Å². The first kappa shape index (κ1) is 27.1. The number of nitrogens with zero attached hydrogens (tertiary/aromatic N) is 7. The molecule has 13 nitrogen and oxygen atoms in total. The summed E-state index contributed by atoms with van der Waals surface area (Å²) in [7, 11) is 1.28. The highest BCUT2D eigenvalue weighted by atomic mass is 35.5. The predicted molar refractivity (Wildman–Crippen MR) is 148 cm³/mol. The van der Waals surface area contributed by atoms with Gasteiger partial charge in [0.05, 0.1) is 18.4 Å². The van der Waals surface area contributed by atoms with E-state index in [-0.39, 0.29) is 17.9 Å². The van der Waals surface area contributed by atoms with Gasteiger partial charge in [-0.05, 0) is 52.4 Å². The monoisotopic (exact) mass is 571 g/mol. The quantitative estimate of drug-likeness (QED) is 0.200. The van der Waals surface area contributed by atoms with E-state index in [9.17, 15) is 14.4 Å². The van der Waals surface area contributed by atoms with Gasteiger partial charge >= 0.3 is 5.97 Å². The van der Waals surface area contributed by atoms with Crippen LogP contribution in [0.5, 0.6) is 0 Å². The minimum atomic E-state index is -0.967. The number of carbonyl (C=O) groups excluding carboxylic acids is 3. The van der Waals surface area contributed by atoms with Gasteiger partial charge in [-0.2, -0.15) is 9.67 Å². The van der Waals surface area contributed by atoms with E-state index in [1.807, 2.05) is 30.3 Å². The number of amides is 2. The molecule has 0 spiro atoms. The van der Waals surface area contributed by atoms with Gasteiger partial charge in [0, 0.05) is 29.3 Å². The van der Waals surface area contributed by atoms with Crippen molar-refractivity contribution in [2.75, 3.05) is 12.4 Å². The number of rotatable bonds is 9. The molecule has 206 valence electrons. The lowest BCUT2D eigenvalue weighted by atomic mass is 10.1. The molecule has 0 bridgehead atoms. The van der Waals surface area contributed by atoms with Crippen LogP contribution in [0.25, 0.3) is 17.4 Å². The summed E-state index contributed by atoms with van der Waals surface area (Å²) in [5.41, 5.74) is 2.70. The SMILES string of the molecule is COC(=O)c1ccc2nc(NC(=O)[C@H](Cc3ccccc3)NC(=O)C=Cc3cc(Cl)ccc3-n3cnnn3)nn2c1. The van der Waals surface area contributed by atoms with Gasteiger partial charge in [0.1, 0.15) is 12.4 Å². The van der Waals surface area contributed by atoms with Gasteiger partial charge in [0.15, 0.2) is 5.65 Å². The van der Waals surface area contributed by atoms with Gasteiger partial charge in [-0.1, -0.05) is 41.9 Å². The summed E-state index contributed by atoms with van der Waals surface area (Å²) in [6.07, 6.45) is 5.92. The number of esters is 1. The summed E-state index contributed by atoms with van der Waals surface area (Å²) in [6, 6.07) is 16.5. The van der Waals surface area contributed by atoms with Crippen LogP contribution in [0.4, 0.5) is 5.95 Å². The number of fused-ring (bicyclic) bond motifs is 1. The fourth-order valence-electron chi connectivity index (χ4n) is 3.96. The summed E-state index contributed by atoms with van der Waals surface area (Å²) in [4.78, 5) is 42.4. The molecule has 2 amide bonds. The standard InChI is InChI=1S/C27H22ClN9O4/c1-41-26(40)19-7-11-23-31-27(33-36(23)15-19)32-25(39)21(13-17-5-3-2-4-6-17)30-24(38)12-8-18-14-20(28)9-10-22(18)37-16-29-34-35-37/h2-12,14-16,21H,13H2,1H3,(H,30,38)(H,32,33,39)/t21-/m0/s1. The number of benzene rings is 2. The average molecular weight is 572 g/mol. The summed E-state index contributed by atoms with van der Waals surface area (Å²) in [5.74, 6) is -1.58. The maximum Gasteiger partial charge on any atom is 0.339 e. The van der Waals surface area contributed by atoms with Crippen LogP contribution < -0.4 is 10.6 Å². The summed E-state index contributed by atoms with van der Waals surface area (Å²) in [5, 5.41) is 21.2. The second-order valence-electron chi connectivity index (χ2n) is 8.68. The van der Waals surface area contributed by atoms with Crippen LogP contribution in [0, 0.1) is 0 Å². The molecule has 0 fully saturated rings. The molecule has 2 aromatic carbocycles. The lowest BCUT2D eigenvalue weighted by Crippen LogP contribution is -2.44. The highest BCUT2D eigenvalue weighted by Gasteiger charge is 2.22. The lowest BCUT2D eigenvalue weighted by molar-refractivity contribution is -0.123. The van der Waals surface area contributed by atoms with Crippen molar-refractivity contribution in [1.29, 1.82) is 0 Å². The molecule has 0 aliphatic heterocycles. The fourth-order valence-corrected chi connectivity index (χ4v) is 4.14. The molecule has 2 N–H and O–H groups in total. The Kier molecular flexibility index (Phi) is 8.06. The number of hydrogen-bond donors (Lipinski definition) is 2. The first-order chi connectivity index (χ1) is 19.9. The maximum absolute atomic E-state index is 13.3. The van der Waals surface area contributed by atoms with E-state index in [1.165, 1.54) is 41.0 Å². The molecular weight excluding hydrogens is 550 g/mol. The molecule has 0 radical (unpaired) electrons. The largest absolute Gasteiger partial charge is 0.465 e. The van der Waals surface area contributed by atoms with Crippen molar-refractivity contribution >= 4 is 47.1 Å². The van der Waals surface area contributed by atoms with E-state index in [0.29, 0.717) is 21.9 Å². The molecule has 5 rings (SSSR count). The number of aromatic nitrogens is 7. The second kappa shape index (κ2) is 12.2. The van der Waals surface area contributed by atoms with Crippen molar-refractivity contribution in [2.24, 2.45) is 0 Å². The second-order valence-corrected chi connectivity index (χ2v) is 9.11. The molecule has 3 aromatic heterocycles. The molecule has 1 atom stereocenters. The van der Waals surface area contributed by atoms with Crippen LogP contribution in [0.1, 0.15) is 21.5 Å². The zero-order valence-corrected chi connectivity index (χ0v) is 22.3. The van der Waals surface area contributed by atoms with Crippen molar-refractivity contribution < 1.29 is 19.1 Å². The molecule has 14 heteroatoms. The van der Waals surface area contributed by atoms with Gasteiger partial charge in [-0.3, -0.25) is 14.9 Å². The Labute approximate surface area is 237 Å². The molecule has 0 unspecified atom stereocenters. The number of methoxy groups -OCH3 is 1.